The van der Waals surface area contributed by atoms with Crippen LogP contribution in [0.3, 0.4) is 0 Å². The van der Waals surface area contributed by atoms with Crippen LogP contribution in [-0.2, 0) is 16.1 Å². The Morgan fingerprint density at radius 3 is 2.79 bits per heavy atom. The number of methoxy groups -OCH3 is 1. The zero-order valence-corrected chi connectivity index (χ0v) is 15.4. The van der Waals surface area contributed by atoms with Crippen LogP contribution < -0.4 is 5.32 Å². The molecule has 2 aromatic heterocycles. The Morgan fingerprint density at radius 2 is 1.93 bits per heavy atom. The molecule has 2 aromatic carbocycles. The summed E-state index contributed by atoms with van der Waals surface area (Å²) >= 11 is 0. The molecular formula is C20H20N6O2. The smallest absolute Gasteiger partial charge is 0.229 e. The number of hydrogen-bond acceptors (Lipinski definition) is 7. The van der Waals surface area contributed by atoms with Crippen molar-refractivity contribution in [2.75, 3.05) is 25.6 Å². The van der Waals surface area contributed by atoms with Crippen molar-refractivity contribution >= 4 is 22.8 Å². The molecule has 0 bridgehead atoms. The maximum atomic E-state index is 5.60. The molecule has 4 aromatic rings. The van der Waals surface area contributed by atoms with E-state index < -0.39 is 0 Å². The number of anilines is 2. The molecule has 0 unspecified atom stereocenters. The van der Waals surface area contributed by atoms with Crippen molar-refractivity contribution < 1.29 is 9.47 Å². The van der Waals surface area contributed by atoms with Gasteiger partial charge in [-0.05, 0) is 29.8 Å². The summed E-state index contributed by atoms with van der Waals surface area (Å²) in [7, 11) is 1.66. The highest BCUT2D eigenvalue weighted by molar-refractivity contribution is 5.72. The van der Waals surface area contributed by atoms with Gasteiger partial charge in [0.2, 0.25) is 5.95 Å². The topological polar surface area (TPSA) is 87.0 Å². The Morgan fingerprint density at radius 1 is 1.04 bits per heavy atom. The molecular weight excluding hydrogens is 356 g/mol. The zero-order valence-electron chi connectivity index (χ0n) is 15.4. The van der Waals surface area contributed by atoms with Crippen LogP contribution in [-0.4, -0.2) is 45.3 Å². The number of nitrogens with zero attached hydrogens (tertiary/aromatic N) is 5. The molecule has 1 N–H and O–H groups in total. The van der Waals surface area contributed by atoms with E-state index in [0.717, 1.165) is 16.9 Å². The van der Waals surface area contributed by atoms with Crippen LogP contribution in [0.1, 0.15) is 5.56 Å². The third-order valence-electron chi connectivity index (χ3n) is 4.08. The summed E-state index contributed by atoms with van der Waals surface area (Å²) in [6.45, 7) is 1.62. The summed E-state index contributed by atoms with van der Waals surface area (Å²) in [5, 5.41) is 11.6. The molecule has 0 saturated heterocycles. The highest BCUT2D eigenvalue weighted by Gasteiger charge is 2.11. The lowest BCUT2D eigenvalue weighted by atomic mass is 10.2. The first-order chi connectivity index (χ1) is 13.8. The van der Waals surface area contributed by atoms with Gasteiger partial charge in [0.1, 0.15) is 0 Å². The molecule has 0 amide bonds. The van der Waals surface area contributed by atoms with E-state index in [1.54, 1.807) is 18.0 Å². The van der Waals surface area contributed by atoms with E-state index in [2.05, 4.69) is 25.6 Å². The van der Waals surface area contributed by atoms with E-state index in [1.807, 2.05) is 54.6 Å². The summed E-state index contributed by atoms with van der Waals surface area (Å²) < 4.78 is 12.3. The first-order valence-corrected chi connectivity index (χ1v) is 8.90. The van der Waals surface area contributed by atoms with Gasteiger partial charge >= 0.3 is 0 Å². The SMILES string of the molecule is COCCOCc1cccc(-n2nnc3cnc(Nc4ccccc4)nc32)c1. The summed E-state index contributed by atoms with van der Waals surface area (Å²) in [5.41, 5.74) is 4.07. The fourth-order valence-electron chi connectivity index (χ4n) is 2.72. The largest absolute Gasteiger partial charge is 0.382 e. The second-order valence-electron chi connectivity index (χ2n) is 6.11. The van der Waals surface area contributed by atoms with Crippen LogP contribution in [0.2, 0.25) is 0 Å². The molecule has 28 heavy (non-hydrogen) atoms. The molecule has 2 heterocycles. The number of rotatable bonds is 8. The molecule has 8 heteroatoms. The monoisotopic (exact) mass is 376 g/mol. The number of fused-ring (bicyclic) bond motifs is 1. The predicted octanol–water partition coefficient (Wildman–Crippen LogP) is 3.12. The number of ether oxygens (including phenoxy) is 2. The highest BCUT2D eigenvalue weighted by Crippen LogP contribution is 2.18. The molecule has 0 radical (unpaired) electrons. The van der Waals surface area contributed by atoms with Gasteiger partial charge in [-0.1, -0.05) is 35.5 Å². The summed E-state index contributed by atoms with van der Waals surface area (Å²) in [6.07, 6.45) is 1.66. The van der Waals surface area contributed by atoms with E-state index in [1.165, 1.54) is 0 Å². The molecule has 4 rings (SSSR count). The zero-order chi connectivity index (χ0) is 19.2. The normalized spacial score (nSPS) is 11.0. The van der Waals surface area contributed by atoms with Crippen molar-refractivity contribution in [2.45, 2.75) is 6.61 Å². The first kappa shape index (κ1) is 18.0. The molecule has 0 saturated carbocycles. The Bertz CT molecular complexity index is 1050. The standard InChI is InChI=1S/C20H20N6O2/c1-27-10-11-28-14-15-6-5-9-17(12-15)26-19-18(24-25-26)13-21-20(23-19)22-16-7-3-2-4-8-16/h2-9,12-13H,10-11,14H2,1H3,(H,21,22,23). The Labute approximate surface area is 162 Å². The van der Waals surface area contributed by atoms with Crippen molar-refractivity contribution in [3.63, 3.8) is 0 Å². The highest BCUT2D eigenvalue weighted by atomic mass is 16.5. The summed E-state index contributed by atoms with van der Waals surface area (Å²) in [6, 6.07) is 17.7. The molecule has 0 aliphatic heterocycles. The first-order valence-electron chi connectivity index (χ1n) is 8.90. The van der Waals surface area contributed by atoms with E-state index in [-0.39, 0.29) is 0 Å². The van der Waals surface area contributed by atoms with E-state index in [9.17, 15) is 0 Å². The van der Waals surface area contributed by atoms with Gasteiger partial charge in [-0.3, -0.25) is 0 Å². The number of para-hydroxylation sites is 1. The van der Waals surface area contributed by atoms with Crippen molar-refractivity contribution in [1.82, 2.24) is 25.0 Å². The maximum Gasteiger partial charge on any atom is 0.229 e. The molecule has 0 spiro atoms. The average molecular weight is 376 g/mol. The van der Waals surface area contributed by atoms with Gasteiger partial charge in [0.25, 0.3) is 0 Å². The number of aromatic nitrogens is 5. The lowest BCUT2D eigenvalue weighted by molar-refractivity contribution is 0.0616. The van der Waals surface area contributed by atoms with Crippen molar-refractivity contribution in [3.8, 4) is 5.69 Å². The fraction of sp³-hybridized carbons (Fsp3) is 0.200. The van der Waals surface area contributed by atoms with Crippen LogP contribution in [0.5, 0.6) is 0 Å². The van der Waals surface area contributed by atoms with Crippen LogP contribution in [0.25, 0.3) is 16.9 Å². The van der Waals surface area contributed by atoms with E-state index in [0.29, 0.717) is 36.9 Å². The quantitative estimate of drug-likeness (QED) is 0.473. The summed E-state index contributed by atoms with van der Waals surface area (Å²) in [5.74, 6) is 0.487. The minimum Gasteiger partial charge on any atom is -0.382 e. The Balaban J connectivity index is 1.59. The van der Waals surface area contributed by atoms with Crippen molar-refractivity contribution in [3.05, 3.63) is 66.4 Å². The molecule has 0 atom stereocenters. The second kappa shape index (κ2) is 8.55. The van der Waals surface area contributed by atoms with Gasteiger partial charge in [0.15, 0.2) is 11.2 Å². The number of nitrogens with one attached hydrogen (secondary N) is 1. The Hall–Kier alpha value is -3.36. The number of benzene rings is 2. The van der Waals surface area contributed by atoms with Gasteiger partial charge in [-0.25, -0.2) is 4.98 Å². The van der Waals surface area contributed by atoms with Gasteiger partial charge in [0.05, 0.1) is 31.7 Å². The lowest BCUT2D eigenvalue weighted by Gasteiger charge is -2.07. The van der Waals surface area contributed by atoms with Gasteiger partial charge < -0.3 is 14.8 Å². The average Bonchev–Trinajstić information content (AvgIpc) is 3.16. The fourth-order valence-corrected chi connectivity index (χ4v) is 2.72. The van der Waals surface area contributed by atoms with Crippen molar-refractivity contribution in [2.24, 2.45) is 0 Å². The minimum atomic E-state index is 0.487. The third-order valence-corrected chi connectivity index (χ3v) is 4.08. The predicted molar refractivity (Wildman–Crippen MR) is 106 cm³/mol. The molecule has 0 aliphatic carbocycles. The lowest BCUT2D eigenvalue weighted by Crippen LogP contribution is -2.04. The van der Waals surface area contributed by atoms with Crippen LogP contribution in [0, 0.1) is 0 Å². The number of hydrogen-bond donors (Lipinski definition) is 1. The van der Waals surface area contributed by atoms with E-state index >= 15 is 0 Å². The van der Waals surface area contributed by atoms with Crippen LogP contribution in [0.4, 0.5) is 11.6 Å². The second-order valence-corrected chi connectivity index (χ2v) is 6.11. The molecule has 8 nitrogen and oxygen atoms in total. The van der Waals surface area contributed by atoms with Gasteiger partial charge in [-0.2, -0.15) is 9.67 Å². The van der Waals surface area contributed by atoms with Crippen LogP contribution >= 0.6 is 0 Å². The Kier molecular flexibility index (Phi) is 5.51. The molecule has 0 fully saturated rings. The van der Waals surface area contributed by atoms with Crippen LogP contribution in [0.15, 0.2) is 60.8 Å². The van der Waals surface area contributed by atoms with Gasteiger partial charge in [-0.15, -0.1) is 5.10 Å². The molecule has 0 aliphatic rings. The van der Waals surface area contributed by atoms with Gasteiger partial charge in [0, 0.05) is 12.8 Å². The van der Waals surface area contributed by atoms with Crippen molar-refractivity contribution in [1.29, 1.82) is 0 Å². The minimum absolute atomic E-state index is 0.487. The maximum absolute atomic E-state index is 5.60. The third kappa shape index (κ3) is 4.13. The summed E-state index contributed by atoms with van der Waals surface area (Å²) in [4.78, 5) is 8.91. The van der Waals surface area contributed by atoms with E-state index in [4.69, 9.17) is 9.47 Å². The molecule has 142 valence electrons.